The number of thiophene rings is 1. The van der Waals surface area contributed by atoms with Gasteiger partial charge in [0.05, 0.1) is 11.4 Å². The molecule has 2 heteroatoms. The van der Waals surface area contributed by atoms with E-state index in [0.717, 1.165) is 0 Å². The zero-order valence-electron chi connectivity index (χ0n) is 28.3. The van der Waals surface area contributed by atoms with Crippen molar-refractivity contribution in [3.8, 4) is 11.1 Å². The average molecular weight is 648 g/mol. The molecule has 236 valence electrons. The maximum absolute atomic E-state index is 2.44. The Hall–Kier alpha value is -5.44. The maximum Gasteiger partial charge on any atom is 0.0502 e. The second-order valence-electron chi connectivity index (χ2n) is 13.4. The lowest BCUT2D eigenvalue weighted by atomic mass is 9.73. The summed E-state index contributed by atoms with van der Waals surface area (Å²) in [6.07, 6.45) is 0. The van der Waals surface area contributed by atoms with E-state index in [1.165, 1.54) is 91.8 Å². The molecule has 0 spiro atoms. The fraction of sp³-hybridized carbons (Fsp3) is 0.106. The van der Waals surface area contributed by atoms with Gasteiger partial charge in [0.25, 0.3) is 0 Å². The monoisotopic (exact) mass is 647 g/mol. The second-order valence-corrected chi connectivity index (χ2v) is 14.5. The van der Waals surface area contributed by atoms with Crippen LogP contribution in [0.3, 0.4) is 0 Å². The number of para-hydroxylation sites is 2. The first-order chi connectivity index (χ1) is 24.0. The molecular formula is C47H37NS. The van der Waals surface area contributed by atoms with Gasteiger partial charge in [-0.1, -0.05) is 119 Å². The Morgan fingerprint density at radius 2 is 1.02 bits per heavy atom. The molecule has 8 aromatic carbocycles. The zero-order chi connectivity index (χ0) is 33.3. The van der Waals surface area contributed by atoms with Crippen molar-refractivity contribution in [2.75, 3.05) is 4.90 Å². The molecule has 10 rings (SSSR count). The van der Waals surface area contributed by atoms with E-state index >= 15 is 0 Å². The lowest BCUT2D eigenvalue weighted by Crippen LogP contribution is -2.30. The molecule has 0 unspecified atom stereocenters. The highest BCUT2D eigenvalue weighted by Gasteiger charge is 2.36. The van der Waals surface area contributed by atoms with Gasteiger partial charge in [-0.2, -0.15) is 0 Å². The Morgan fingerprint density at radius 1 is 0.469 bits per heavy atom. The van der Waals surface area contributed by atoms with Crippen molar-refractivity contribution in [1.82, 2.24) is 0 Å². The molecule has 0 saturated carbocycles. The molecule has 0 atom stereocenters. The third-order valence-corrected chi connectivity index (χ3v) is 11.6. The van der Waals surface area contributed by atoms with E-state index in [2.05, 4.69) is 170 Å². The number of fused-ring (bicyclic) bond motifs is 8. The highest BCUT2D eigenvalue weighted by molar-refractivity contribution is 7.26. The summed E-state index contributed by atoms with van der Waals surface area (Å²) in [5.74, 6) is 0. The Labute approximate surface area is 291 Å². The number of rotatable bonds is 2. The van der Waals surface area contributed by atoms with E-state index in [1.807, 2.05) is 25.2 Å². The number of benzene rings is 8. The highest BCUT2D eigenvalue weighted by Crippen LogP contribution is 2.52. The van der Waals surface area contributed by atoms with Gasteiger partial charge in [-0.05, 0) is 115 Å². The summed E-state index contributed by atoms with van der Waals surface area (Å²) in [6.45, 7) is 8.68. The van der Waals surface area contributed by atoms with Crippen LogP contribution in [-0.2, 0) is 5.41 Å². The van der Waals surface area contributed by atoms with Gasteiger partial charge in [0.1, 0.15) is 0 Å². The number of nitrogens with zero attached hydrogens (tertiary/aromatic N) is 1. The van der Waals surface area contributed by atoms with Crippen LogP contribution in [0.4, 0.5) is 17.1 Å². The minimum Gasteiger partial charge on any atom is -0.310 e. The standard InChI is InChI=1S/C45H31NS.C2H6/c1-45(2)39-13-4-6-15-41(39)46(42-16-7-5-14-40(42)45)35-21-20-29-23-32-25-31-24-30(19-18-28(31)22-33(32)26-34(29)27-35)36-11-9-12-38-37-10-3-8-17-43(37)47-44(36)38;1-2/h3-27H,1-2H3;1-2H3. The minimum absolute atomic E-state index is 0.0674. The molecule has 49 heavy (non-hydrogen) atoms. The van der Waals surface area contributed by atoms with Crippen molar-refractivity contribution >= 4 is 80.9 Å². The van der Waals surface area contributed by atoms with E-state index < -0.39 is 0 Å². The van der Waals surface area contributed by atoms with Crippen LogP contribution in [0.5, 0.6) is 0 Å². The number of hydrogen-bond acceptors (Lipinski definition) is 2. The normalized spacial score (nSPS) is 13.4. The SMILES string of the molecule is CC.CC1(C)c2ccccc2N(c2ccc3cc4cc5cc(-c6cccc7c6sc6ccccc67)ccc5cc4cc3c2)c2ccccc21. The molecule has 0 amide bonds. The van der Waals surface area contributed by atoms with Gasteiger partial charge in [-0.3, -0.25) is 0 Å². The molecule has 1 aromatic heterocycles. The Kier molecular flexibility index (Phi) is 6.86. The van der Waals surface area contributed by atoms with Crippen molar-refractivity contribution in [2.24, 2.45) is 0 Å². The van der Waals surface area contributed by atoms with E-state index in [9.17, 15) is 0 Å². The minimum atomic E-state index is -0.0674. The van der Waals surface area contributed by atoms with E-state index in [0.29, 0.717) is 0 Å². The smallest absolute Gasteiger partial charge is 0.0502 e. The summed E-state index contributed by atoms with van der Waals surface area (Å²) >= 11 is 1.89. The van der Waals surface area contributed by atoms with Crippen LogP contribution < -0.4 is 4.90 Å². The molecule has 1 aliphatic rings. The van der Waals surface area contributed by atoms with E-state index in [-0.39, 0.29) is 5.41 Å². The third-order valence-electron chi connectivity index (χ3n) is 10.3. The molecule has 0 saturated heterocycles. The molecule has 9 aromatic rings. The summed E-state index contributed by atoms with van der Waals surface area (Å²) in [5, 5.41) is 10.3. The van der Waals surface area contributed by atoms with Gasteiger partial charge in [0, 0.05) is 31.3 Å². The van der Waals surface area contributed by atoms with E-state index in [4.69, 9.17) is 0 Å². The Morgan fingerprint density at radius 3 is 1.73 bits per heavy atom. The molecule has 1 nitrogen and oxygen atoms in total. The first kappa shape index (κ1) is 29.7. The quantitative estimate of drug-likeness (QED) is 0.169. The van der Waals surface area contributed by atoms with Gasteiger partial charge in [0.15, 0.2) is 0 Å². The van der Waals surface area contributed by atoms with Gasteiger partial charge in [0.2, 0.25) is 0 Å². The summed E-state index contributed by atoms with van der Waals surface area (Å²) in [6, 6.07) is 56.5. The van der Waals surface area contributed by atoms with E-state index in [1.54, 1.807) is 0 Å². The largest absolute Gasteiger partial charge is 0.310 e. The molecular weight excluding hydrogens is 611 g/mol. The van der Waals surface area contributed by atoms with Gasteiger partial charge < -0.3 is 4.90 Å². The lowest BCUT2D eigenvalue weighted by Gasteiger charge is -2.42. The predicted molar refractivity (Wildman–Crippen MR) is 215 cm³/mol. The first-order valence-corrected chi connectivity index (χ1v) is 18.2. The summed E-state index contributed by atoms with van der Waals surface area (Å²) < 4.78 is 2.70. The number of anilines is 3. The van der Waals surface area contributed by atoms with Crippen LogP contribution in [-0.4, -0.2) is 0 Å². The van der Waals surface area contributed by atoms with Crippen LogP contribution >= 0.6 is 11.3 Å². The highest BCUT2D eigenvalue weighted by atomic mass is 32.1. The molecule has 2 heterocycles. The van der Waals surface area contributed by atoms with Gasteiger partial charge in [-0.25, -0.2) is 0 Å². The molecule has 0 bridgehead atoms. The molecule has 0 N–H and O–H groups in total. The second kappa shape index (κ2) is 11.3. The first-order valence-electron chi connectivity index (χ1n) is 17.3. The fourth-order valence-corrected chi connectivity index (χ4v) is 9.20. The molecule has 1 aliphatic heterocycles. The van der Waals surface area contributed by atoms with Gasteiger partial charge >= 0.3 is 0 Å². The summed E-state index contributed by atoms with van der Waals surface area (Å²) in [4.78, 5) is 2.44. The fourth-order valence-electron chi connectivity index (χ4n) is 7.97. The van der Waals surface area contributed by atoms with Crippen LogP contribution in [0.25, 0.3) is 63.6 Å². The van der Waals surface area contributed by atoms with Crippen LogP contribution in [0.1, 0.15) is 38.8 Å². The number of hydrogen-bond donors (Lipinski definition) is 0. The Balaban J connectivity index is 0.00000160. The molecule has 0 radical (unpaired) electrons. The van der Waals surface area contributed by atoms with Crippen molar-refractivity contribution in [3.63, 3.8) is 0 Å². The maximum atomic E-state index is 2.44. The third kappa shape index (κ3) is 4.59. The van der Waals surface area contributed by atoms with Crippen molar-refractivity contribution in [1.29, 1.82) is 0 Å². The molecule has 0 aliphatic carbocycles. The van der Waals surface area contributed by atoms with Crippen molar-refractivity contribution < 1.29 is 0 Å². The summed E-state index contributed by atoms with van der Waals surface area (Å²) in [5.41, 5.74) is 8.91. The average Bonchev–Trinajstić information content (AvgIpc) is 3.53. The zero-order valence-corrected chi connectivity index (χ0v) is 29.1. The van der Waals surface area contributed by atoms with Crippen LogP contribution in [0.2, 0.25) is 0 Å². The topological polar surface area (TPSA) is 3.24 Å². The Bertz CT molecular complexity index is 2680. The predicted octanol–water partition coefficient (Wildman–Crippen LogP) is 14.3. The lowest BCUT2D eigenvalue weighted by molar-refractivity contribution is 0.632. The summed E-state index contributed by atoms with van der Waals surface area (Å²) in [7, 11) is 0. The van der Waals surface area contributed by atoms with Crippen LogP contribution in [0, 0.1) is 0 Å². The van der Waals surface area contributed by atoms with Gasteiger partial charge in [-0.15, -0.1) is 11.3 Å². The van der Waals surface area contributed by atoms with Crippen molar-refractivity contribution in [2.45, 2.75) is 33.1 Å². The van der Waals surface area contributed by atoms with Crippen molar-refractivity contribution in [3.05, 3.63) is 163 Å². The van der Waals surface area contributed by atoms with Crippen LogP contribution in [0.15, 0.2) is 152 Å². The molecule has 0 fully saturated rings.